The number of ether oxygens (including phenoxy) is 1. The van der Waals surface area contributed by atoms with Crippen molar-refractivity contribution >= 4 is 11.9 Å². The molecule has 2 aromatic rings. The van der Waals surface area contributed by atoms with E-state index in [1.54, 1.807) is 0 Å². The molecule has 0 radical (unpaired) electrons. The summed E-state index contributed by atoms with van der Waals surface area (Å²) in [7, 11) is 1.21. The molecule has 31 heavy (non-hydrogen) atoms. The number of hydrogen-bond donors (Lipinski definition) is 1. The normalized spacial score (nSPS) is 18.7. The summed E-state index contributed by atoms with van der Waals surface area (Å²) < 4.78 is 49.2. The smallest absolute Gasteiger partial charge is 0.433 e. The highest BCUT2D eigenvalue weighted by atomic mass is 19.4. The van der Waals surface area contributed by atoms with E-state index in [0.717, 1.165) is 38.1 Å². The van der Waals surface area contributed by atoms with Gasteiger partial charge in [0.2, 0.25) is 11.8 Å². The number of piperidine rings is 1. The van der Waals surface area contributed by atoms with Crippen LogP contribution in [-0.4, -0.2) is 52.2 Å². The first-order chi connectivity index (χ1) is 14.7. The van der Waals surface area contributed by atoms with E-state index in [9.17, 15) is 18.0 Å². The van der Waals surface area contributed by atoms with Gasteiger partial charge in [0.25, 0.3) is 5.89 Å². The van der Waals surface area contributed by atoms with Crippen molar-refractivity contribution in [3.05, 3.63) is 17.8 Å². The number of rotatable bonds is 6. The molecule has 1 atom stereocenters. The second kappa shape index (κ2) is 8.01. The SMILES string of the molecule is CC[C@H](Nc1nnc(-c2ccc(C(F)(F)F)nc2OC)o1)C(=O)N1CCC2(CC1)CC2. The molecule has 4 rings (SSSR count). The van der Waals surface area contributed by atoms with E-state index in [2.05, 4.69) is 20.5 Å². The van der Waals surface area contributed by atoms with Crippen LogP contribution in [0, 0.1) is 5.41 Å². The molecule has 1 saturated carbocycles. The Morgan fingerprint density at radius 2 is 1.97 bits per heavy atom. The van der Waals surface area contributed by atoms with Crippen LogP contribution in [0.15, 0.2) is 16.5 Å². The van der Waals surface area contributed by atoms with Gasteiger partial charge in [-0.3, -0.25) is 4.79 Å². The molecule has 2 fully saturated rings. The van der Waals surface area contributed by atoms with Gasteiger partial charge in [0.1, 0.15) is 17.3 Å². The molecule has 3 heterocycles. The monoisotopic (exact) mass is 439 g/mol. The molecule has 0 aromatic carbocycles. The minimum atomic E-state index is -4.60. The van der Waals surface area contributed by atoms with E-state index in [4.69, 9.17) is 9.15 Å². The summed E-state index contributed by atoms with van der Waals surface area (Å²) in [6.45, 7) is 3.38. The van der Waals surface area contributed by atoms with Crippen molar-refractivity contribution in [2.45, 2.75) is 51.2 Å². The summed E-state index contributed by atoms with van der Waals surface area (Å²) in [6.07, 6.45) is 0.523. The first-order valence-corrected chi connectivity index (χ1v) is 10.3. The summed E-state index contributed by atoms with van der Waals surface area (Å²) in [6, 6.07) is 1.45. The van der Waals surface area contributed by atoms with Crippen molar-refractivity contribution in [2.75, 3.05) is 25.5 Å². The number of hydrogen-bond acceptors (Lipinski definition) is 7. The molecule has 2 aliphatic rings. The Labute approximate surface area is 177 Å². The number of halogens is 3. The standard InChI is InChI=1S/C20H24F3N5O3/c1-3-13(17(29)28-10-8-19(6-7-19)9-11-28)24-18-27-26-16(31-18)12-4-5-14(20(21,22)23)25-15(12)30-2/h4-5,13H,3,6-11H2,1-2H3,(H,24,27)/t13-/m0/s1. The van der Waals surface area contributed by atoms with Crippen molar-refractivity contribution < 1.29 is 27.1 Å². The Kier molecular flexibility index (Phi) is 5.52. The second-order valence-corrected chi connectivity index (χ2v) is 8.09. The highest BCUT2D eigenvalue weighted by molar-refractivity contribution is 5.84. The Hall–Kier alpha value is -2.85. The summed E-state index contributed by atoms with van der Waals surface area (Å²) in [5, 5.41) is 10.7. The van der Waals surface area contributed by atoms with Gasteiger partial charge < -0.3 is 19.4 Å². The van der Waals surface area contributed by atoms with E-state index < -0.39 is 17.9 Å². The van der Waals surface area contributed by atoms with Crippen molar-refractivity contribution in [1.29, 1.82) is 0 Å². The molecule has 1 N–H and O–H groups in total. The van der Waals surface area contributed by atoms with Gasteiger partial charge in [0, 0.05) is 13.1 Å². The molecule has 1 saturated heterocycles. The van der Waals surface area contributed by atoms with E-state index in [1.165, 1.54) is 20.0 Å². The van der Waals surface area contributed by atoms with Crippen LogP contribution in [0.1, 0.15) is 44.7 Å². The van der Waals surface area contributed by atoms with Crippen LogP contribution in [0.2, 0.25) is 0 Å². The maximum Gasteiger partial charge on any atom is 0.433 e. The van der Waals surface area contributed by atoms with Gasteiger partial charge in [0.05, 0.1) is 7.11 Å². The molecule has 11 heteroatoms. The number of alkyl halides is 3. The van der Waals surface area contributed by atoms with Gasteiger partial charge in [-0.15, -0.1) is 5.10 Å². The van der Waals surface area contributed by atoms with Gasteiger partial charge in [-0.05, 0) is 49.7 Å². The molecule has 2 aromatic heterocycles. The number of anilines is 1. The third kappa shape index (κ3) is 4.45. The van der Waals surface area contributed by atoms with Gasteiger partial charge in [0.15, 0.2) is 0 Å². The van der Waals surface area contributed by atoms with E-state index in [0.29, 0.717) is 11.8 Å². The zero-order chi connectivity index (χ0) is 22.2. The lowest BCUT2D eigenvalue weighted by atomic mass is 9.93. The fraction of sp³-hybridized carbons (Fsp3) is 0.600. The first-order valence-electron chi connectivity index (χ1n) is 10.3. The lowest BCUT2D eigenvalue weighted by Gasteiger charge is -2.34. The fourth-order valence-corrected chi connectivity index (χ4v) is 3.89. The van der Waals surface area contributed by atoms with Crippen molar-refractivity contribution in [3.8, 4) is 17.3 Å². The number of likely N-dealkylation sites (tertiary alicyclic amines) is 1. The number of carbonyl (C=O) groups excluding carboxylic acids is 1. The summed E-state index contributed by atoms with van der Waals surface area (Å²) >= 11 is 0. The molecule has 0 bridgehead atoms. The van der Waals surface area contributed by atoms with Crippen molar-refractivity contribution in [1.82, 2.24) is 20.1 Å². The molecule has 1 aliphatic heterocycles. The van der Waals surface area contributed by atoms with Crippen LogP contribution >= 0.6 is 0 Å². The number of carbonyl (C=O) groups is 1. The third-order valence-corrected chi connectivity index (χ3v) is 6.10. The Bertz CT molecular complexity index is 948. The van der Waals surface area contributed by atoms with Crippen LogP contribution in [-0.2, 0) is 11.0 Å². The predicted octanol–water partition coefficient (Wildman–Crippen LogP) is 3.75. The minimum absolute atomic E-state index is 0.00724. The summed E-state index contributed by atoms with van der Waals surface area (Å²) in [5.74, 6) is -0.362. The largest absolute Gasteiger partial charge is 0.480 e. The zero-order valence-electron chi connectivity index (χ0n) is 17.3. The Morgan fingerprint density at radius 3 is 2.55 bits per heavy atom. The predicted molar refractivity (Wildman–Crippen MR) is 104 cm³/mol. The molecular formula is C20H24F3N5O3. The van der Waals surface area contributed by atoms with Crippen LogP contribution in [0.4, 0.5) is 19.2 Å². The van der Waals surface area contributed by atoms with Gasteiger partial charge in [-0.2, -0.15) is 13.2 Å². The van der Waals surface area contributed by atoms with E-state index in [-0.39, 0.29) is 29.3 Å². The number of pyridine rings is 1. The topological polar surface area (TPSA) is 93.4 Å². The number of aromatic nitrogens is 3. The third-order valence-electron chi connectivity index (χ3n) is 6.10. The van der Waals surface area contributed by atoms with Crippen molar-refractivity contribution in [2.24, 2.45) is 5.41 Å². The zero-order valence-corrected chi connectivity index (χ0v) is 17.3. The number of amides is 1. The Morgan fingerprint density at radius 1 is 1.26 bits per heavy atom. The van der Waals surface area contributed by atoms with Gasteiger partial charge in [-0.25, -0.2) is 4.98 Å². The van der Waals surface area contributed by atoms with Crippen LogP contribution in [0.25, 0.3) is 11.5 Å². The van der Waals surface area contributed by atoms with Gasteiger partial charge in [-0.1, -0.05) is 12.0 Å². The van der Waals surface area contributed by atoms with E-state index >= 15 is 0 Å². The summed E-state index contributed by atoms with van der Waals surface area (Å²) in [4.78, 5) is 18.3. The highest BCUT2D eigenvalue weighted by Gasteiger charge is 2.45. The van der Waals surface area contributed by atoms with Crippen LogP contribution in [0.3, 0.4) is 0 Å². The lowest BCUT2D eigenvalue weighted by Crippen LogP contribution is -2.46. The van der Waals surface area contributed by atoms with E-state index in [1.807, 2.05) is 11.8 Å². The molecule has 1 aliphatic carbocycles. The average Bonchev–Trinajstić information content (AvgIpc) is 3.34. The Balaban J connectivity index is 1.46. The number of nitrogens with zero attached hydrogens (tertiary/aromatic N) is 4. The average molecular weight is 439 g/mol. The lowest BCUT2D eigenvalue weighted by molar-refractivity contribution is -0.141. The van der Waals surface area contributed by atoms with Gasteiger partial charge >= 0.3 is 12.2 Å². The quantitative estimate of drug-likeness (QED) is 0.733. The number of nitrogens with one attached hydrogen (secondary N) is 1. The molecule has 1 spiro atoms. The molecule has 8 nitrogen and oxygen atoms in total. The highest BCUT2D eigenvalue weighted by Crippen LogP contribution is 2.53. The summed E-state index contributed by atoms with van der Waals surface area (Å²) in [5.41, 5.74) is -0.486. The van der Waals surface area contributed by atoms with Crippen molar-refractivity contribution in [3.63, 3.8) is 0 Å². The molecule has 168 valence electrons. The minimum Gasteiger partial charge on any atom is -0.480 e. The number of methoxy groups -OCH3 is 1. The molecule has 0 unspecified atom stereocenters. The first kappa shape index (κ1) is 21.4. The molecular weight excluding hydrogens is 415 g/mol. The molecule has 1 amide bonds. The second-order valence-electron chi connectivity index (χ2n) is 8.09. The van der Waals surface area contributed by atoms with Crippen LogP contribution < -0.4 is 10.1 Å². The fourth-order valence-electron chi connectivity index (χ4n) is 3.89. The maximum atomic E-state index is 12.9. The van der Waals surface area contributed by atoms with Crippen LogP contribution in [0.5, 0.6) is 5.88 Å². The maximum absolute atomic E-state index is 12.9.